The van der Waals surface area contributed by atoms with Gasteiger partial charge in [-0.2, -0.15) is 0 Å². The molecular formula is C16H24N2O2. The smallest absolute Gasteiger partial charge is 0.251 e. The third kappa shape index (κ3) is 3.73. The molecule has 0 aliphatic carbocycles. The lowest BCUT2D eigenvalue weighted by atomic mass is 10.0. The molecule has 110 valence electrons. The highest BCUT2D eigenvalue weighted by molar-refractivity contribution is 5.95. The lowest BCUT2D eigenvalue weighted by Crippen LogP contribution is -2.32. The first-order chi connectivity index (χ1) is 9.60. The molecule has 4 nitrogen and oxygen atoms in total. The van der Waals surface area contributed by atoms with Gasteiger partial charge in [0.2, 0.25) is 0 Å². The van der Waals surface area contributed by atoms with E-state index in [1.54, 1.807) is 0 Å². The Morgan fingerprint density at radius 2 is 2.25 bits per heavy atom. The Hall–Kier alpha value is -1.55. The van der Waals surface area contributed by atoms with E-state index in [4.69, 9.17) is 4.74 Å². The van der Waals surface area contributed by atoms with Crippen LogP contribution in [0.5, 0.6) is 0 Å². The van der Waals surface area contributed by atoms with Crippen LogP contribution in [0.3, 0.4) is 0 Å². The summed E-state index contributed by atoms with van der Waals surface area (Å²) < 4.78 is 5.57. The zero-order valence-corrected chi connectivity index (χ0v) is 12.5. The third-order valence-electron chi connectivity index (χ3n) is 3.68. The van der Waals surface area contributed by atoms with Gasteiger partial charge < -0.3 is 15.4 Å². The van der Waals surface area contributed by atoms with Crippen LogP contribution in [0.1, 0.15) is 42.6 Å². The van der Waals surface area contributed by atoms with E-state index < -0.39 is 0 Å². The number of nitrogens with one attached hydrogen (secondary N) is 2. The van der Waals surface area contributed by atoms with E-state index >= 15 is 0 Å². The second-order valence-electron chi connectivity index (χ2n) is 5.44. The van der Waals surface area contributed by atoms with Crippen LogP contribution >= 0.6 is 0 Å². The third-order valence-corrected chi connectivity index (χ3v) is 3.68. The van der Waals surface area contributed by atoms with E-state index in [9.17, 15) is 4.79 Å². The number of anilines is 1. The van der Waals surface area contributed by atoms with Crippen molar-refractivity contribution >= 4 is 11.6 Å². The number of rotatable bonds is 4. The molecule has 1 aromatic rings. The molecule has 0 saturated carbocycles. The highest BCUT2D eigenvalue weighted by Crippen LogP contribution is 2.22. The van der Waals surface area contributed by atoms with Crippen LogP contribution in [-0.4, -0.2) is 31.2 Å². The van der Waals surface area contributed by atoms with Crippen molar-refractivity contribution in [2.45, 2.75) is 45.8 Å². The van der Waals surface area contributed by atoms with Crippen molar-refractivity contribution in [3.8, 4) is 0 Å². The van der Waals surface area contributed by atoms with Crippen LogP contribution in [-0.2, 0) is 4.74 Å². The summed E-state index contributed by atoms with van der Waals surface area (Å²) in [5, 5.41) is 6.39. The average Bonchev–Trinajstić information content (AvgIpc) is 2.41. The van der Waals surface area contributed by atoms with E-state index in [0.717, 1.165) is 30.7 Å². The van der Waals surface area contributed by atoms with Gasteiger partial charge in [-0.3, -0.25) is 4.79 Å². The normalized spacial score (nSPS) is 22.4. The molecular weight excluding hydrogens is 252 g/mol. The minimum Gasteiger partial charge on any atom is -0.382 e. The zero-order valence-electron chi connectivity index (χ0n) is 12.5. The molecule has 0 aromatic heterocycles. The molecule has 20 heavy (non-hydrogen) atoms. The number of amides is 1. The molecule has 1 aliphatic heterocycles. The summed E-state index contributed by atoms with van der Waals surface area (Å²) in [5.74, 6) is -0.0177. The minimum atomic E-state index is -0.0177. The maximum atomic E-state index is 11.9. The molecule has 2 atom stereocenters. The molecule has 0 bridgehead atoms. The number of hydrogen-bond donors (Lipinski definition) is 2. The molecule has 2 N–H and O–H groups in total. The summed E-state index contributed by atoms with van der Waals surface area (Å²) in [7, 11) is 0. The fraction of sp³-hybridized carbons (Fsp3) is 0.562. The number of ether oxygens (including phenoxy) is 1. The average molecular weight is 276 g/mol. The number of carbonyl (C=O) groups excluding carboxylic acids is 1. The minimum absolute atomic E-state index is 0.0177. The van der Waals surface area contributed by atoms with Crippen molar-refractivity contribution in [3.63, 3.8) is 0 Å². The van der Waals surface area contributed by atoms with Crippen molar-refractivity contribution in [2.75, 3.05) is 18.5 Å². The summed E-state index contributed by atoms with van der Waals surface area (Å²) in [6.07, 6.45) is 2.31. The van der Waals surface area contributed by atoms with Crippen LogP contribution in [0, 0.1) is 6.92 Å². The molecule has 2 rings (SSSR count). The van der Waals surface area contributed by atoms with Gasteiger partial charge in [-0.05, 0) is 51.3 Å². The lowest BCUT2D eigenvalue weighted by molar-refractivity contribution is 0.0232. The summed E-state index contributed by atoms with van der Waals surface area (Å²) in [6, 6.07) is 6.23. The topological polar surface area (TPSA) is 50.4 Å². The first-order valence-electron chi connectivity index (χ1n) is 7.37. The summed E-state index contributed by atoms with van der Waals surface area (Å²) >= 11 is 0. The van der Waals surface area contributed by atoms with Crippen molar-refractivity contribution in [1.82, 2.24) is 5.32 Å². The second-order valence-corrected chi connectivity index (χ2v) is 5.44. The van der Waals surface area contributed by atoms with E-state index in [1.807, 2.05) is 25.1 Å². The predicted octanol–water partition coefficient (Wildman–Crippen LogP) is 2.72. The van der Waals surface area contributed by atoms with Crippen molar-refractivity contribution in [1.29, 1.82) is 0 Å². The summed E-state index contributed by atoms with van der Waals surface area (Å²) in [4.78, 5) is 11.9. The Morgan fingerprint density at radius 1 is 1.45 bits per heavy atom. The Kier molecular flexibility index (Phi) is 5.01. The SMILES string of the molecule is CCNC(=O)c1ccc(C)c(NC2CCOC(C)C2)c1. The maximum absolute atomic E-state index is 11.9. The van der Waals surface area contributed by atoms with Gasteiger partial charge in [-0.1, -0.05) is 6.07 Å². The summed E-state index contributed by atoms with van der Waals surface area (Å²) in [5.41, 5.74) is 2.92. The number of benzene rings is 1. The molecule has 4 heteroatoms. The number of carbonyl (C=O) groups is 1. The fourth-order valence-corrected chi connectivity index (χ4v) is 2.53. The largest absolute Gasteiger partial charge is 0.382 e. The van der Waals surface area contributed by atoms with Crippen LogP contribution in [0.2, 0.25) is 0 Å². The van der Waals surface area contributed by atoms with Crippen LogP contribution < -0.4 is 10.6 Å². The van der Waals surface area contributed by atoms with Gasteiger partial charge in [-0.25, -0.2) is 0 Å². The highest BCUT2D eigenvalue weighted by atomic mass is 16.5. The molecule has 0 spiro atoms. The zero-order chi connectivity index (χ0) is 14.5. The van der Waals surface area contributed by atoms with E-state index in [-0.39, 0.29) is 5.91 Å². The Morgan fingerprint density at radius 3 is 2.95 bits per heavy atom. The first-order valence-corrected chi connectivity index (χ1v) is 7.37. The van der Waals surface area contributed by atoms with Gasteiger partial charge in [0.25, 0.3) is 5.91 Å². The second kappa shape index (κ2) is 6.75. The van der Waals surface area contributed by atoms with Gasteiger partial charge >= 0.3 is 0 Å². The van der Waals surface area contributed by atoms with Crippen LogP contribution in [0.15, 0.2) is 18.2 Å². The Balaban J connectivity index is 2.10. The standard InChI is InChI=1S/C16H24N2O2/c1-4-17-16(19)13-6-5-11(2)15(10-13)18-14-7-8-20-12(3)9-14/h5-6,10,12,14,18H,4,7-9H2,1-3H3,(H,17,19). The quantitative estimate of drug-likeness (QED) is 0.889. The molecule has 1 heterocycles. The van der Waals surface area contributed by atoms with Gasteiger partial charge in [0.05, 0.1) is 6.10 Å². The molecule has 1 saturated heterocycles. The maximum Gasteiger partial charge on any atom is 0.251 e. The molecule has 1 amide bonds. The fourth-order valence-electron chi connectivity index (χ4n) is 2.53. The number of hydrogen-bond acceptors (Lipinski definition) is 3. The van der Waals surface area contributed by atoms with Gasteiger partial charge in [0.15, 0.2) is 0 Å². The lowest BCUT2D eigenvalue weighted by Gasteiger charge is -2.29. The molecule has 0 radical (unpaired) electrons. The van der Waals surface area contributed by atoms with Gasteiger partial charge in [0, 0.05) is 30.4 Å². The highest BCUT2D eigenvalue weighted by Gasteiger charge is 2.19. The molecule has 1 fully saturated rings. The summed E-state index contributed by atoms with van der Waals surface area (Å²) in [6.45, 7) is 7.54. The molecule has 2 unspecified atom stereocenters. The molecule has 1 aliphatic rings. The van der Waals surface area contributed by atoms with E-state index in [2.05, 4.69) is 24.5 Å². The van der Waals surface area contributed by atoms with Crippen LogP contribution in [0.25, 0.3) is 0 Å². The van der Waals surface area contributed by atoms with Crippen LogP contribution in [0.4, 0.5) is 5.69 Å². The van der Waals surface area contributed by atoms with Gasteiger partial charge in [0.1, 0.15) is 0 Å². The Labute approximate surface area is 120 Å². The van der Waals surface area contributed by atoms with Crippen molar-refractivity contribution in [3.05, 3.63) is 29.3 Å². The van der Waals surface area contributed by atoms with E-state index in [0.29, 0.717) is 24.3 Å². The molecule has 1 aromatic carbocycles. The van der Waals surface area contributed by atoms with E-state index in [1.165, 1.54) is 0 Å². The first kappa shape index (κ1) is 14.9. The van der Waals surface area contributed by atoms with Crippen molar-refractivity contribution < 1.29 is 9.53 Å². The van der Waals surface area contributed by atoms with Crippen molar-refractivity contribution in [2.24, 2.45) is 0 Å². The Bertz CT molecular complexity index is 474. The number of aryl methyl sites for hydroxylation is 1. The van der Waals surface area contributed by atoms with Gasteiger partial charge in [-0.15, -0.1) is 0 Å². The monoisotopic (exact) mass is 276 g/mol. The predicted molar refractivity (Wildman–Crippen MR) is 81.2 cm³/mol.